The quantitative estimate of drug-likeness (QED) is 0.496. The molecule has 4 rings (SSSR count). The fourth-order valence-electron chi connectivity index (χ4n) is 2.59. The molecular weight excluding hydrogens is 338 g/mol. The number of anilines is 4. The predicted molar refractivity (Wildman–Crippen MR) is 108 cm³/mol. The average Bonchev–Trinajstić information content (AvgIpc) is 3.04. The van der Waals surface area contributed by atoms with E-state index in [0.717, 1.165) is 16.7 Å². The van der Waals surface area contributed by atoms with E-state index in [2.05, 4.69) is 56.3 Å². The molecule has 2 heterocycles. The van der Waals surface area contributed by atoms with Gasteiger partial charge in [0.25, 0.3) is 0 Å². The Balaban J connectivity index is 1.69. The molecule has 27 heavy (non-hydrogen) atoms. The van der Waals surface area contributed by atoms with Crippen molar-refractivity contribution in [2.45, 2.75) is 26.2 Å². The van der Waals surface area contributed by atoms with Crippen molar-refractivity contribution < 1.29 is 0 Å². The van der Waals surface area contributed by atoms with Crippen LogP contribution in [-0.2, 0) is 5.41 Å². The molecule has 0 atom stereocenters. The highest BCUT2D eigenvalue weighted by atomic mass is 15.3. The van der Waals surface area contributed by atoms with Crippen molar-refractivity contribution in [1.82, 2.24) is 24.9 Å². The van der Waals surface area contributed by atoms with Gasteiger partial charge in [-0.2, -0.15) is 15.0 Å². The van der Waals surface area contributed by atoms with E-state index in [4.69, 9.17) is 0 Å². The molecule has 0 saturated carbocycles. The first-order valence-corrected chi connectivity index (χ1v) is 8.78. The third kappa shape index (κ3) is 3.87. The highest BCUT2D eigenvalue weighted by Gasteiger charge is 2.20. The molecule has 7 nitrogen and oxygen atoms in total. The summed E-state index contributed by atoms with van der Waals surface area (Å²) in [6, 6.07) is 17.7. The zero-order valence-corrected chi connectivity index (χ0v) is 15.5. The minimum atomic E-state index is -0.222. The summed E-state index contributed by atoms with van der Waals surface area (Å²) in [4.78, 5) is 21.4. The average molecular weight is 359 g/mol. The molecule has 136 valence electrons. The van der Waals surface area contributed by atoms with Crippen LogP contribution in [0.15, 0.2) is 54.6 Å². The van der Waals surface area contributed by atoms with Crippen molar-refractivity contribution in [1.29, 1.82) is 0 Å². The van der Waals surface area contributed by atoms with Gasteiger partial charge < -0.3 is 10.3 Å². The van der Waals surface area contributed by atoms with Crippen LogP contribution in [0.3, 0.4) is 0 Å². The number of nitrogens with zero attached hydrogens (tertiary/aromatic N) is 4. The molecule has 0 aliphatic rings. The standard InChI is InChI=1S/C20H21N7/c1-20(2,3)16-24-17(21-13-9-5-4-6-10-13)26-19(25-16)27-18-22-14-11-7-8-12-15(14)23-18/h4-12H,1-3H3,(H3,21,22,23,24,25,26,27). The van der Waals surface area contributed by atoms with Crippen molar-refractivity contribution >= 4 is 34.6 Å². The van der Waals surface area contributed by atoms with Crippen LogP contribution in [0, 0.1) is 0 Å². The number of hydrogen-bond donors (Lipinski definition) is 3. The number of aromatic nitrogens is 5. The molecule has 0 amide bonds. The highest BCUT2D eigenvalue weighted by molar-refractivity contribution is 5.77. The fraction of sp³-hybridized carbons (Fsp3) is 0.200. The zero-order chi connectivity index (χ0) is 18.9. The molecular formula is C20H21N7. The number of rotatable bonds is 4. The molecule has 0 saturated heterocycles. The van der Waals surface area contributed by atoms with Gasteiger partial charge in [-0.05, 0) is 24.3 Å². The van der Waals surface area contributed by atoms with E-state index < -0.39 is 0 Å². The Kier molecular flexibility index (Phi) is 4.19. The van der Waals surface area contributed by atoms with Gasteiger partial charge in [0, 0.05) is 11.1 Å². The predicted octanol–water partition coefficient (Wildman–Crippen LogP) is 4.53. The number of aromatic amines is 1. The van der Waals surface area contributed by atoms with Crippen molar-refractivity contribution in [3.05, 3.63) is 60.4 Å². The maximum atomic E-state index is 4.58. The number of benzene rings is 2. The van der Waals surface area contributed by atoms with Gasteiger partial charge in [0.05, 0.1) is 11.0 Å². The molecule has 7 heteroatoms. The molecule has 0 aliphatic heterocycles. The summed E-state index contributed by atoms with van der Waals surface area (Å²) in [5.74, 6) is 2.20. The summed E-state index contributed by atoms with van der Waals surface area (Å²) in [5.41, 5.74) is 2.53. The van der Waals surface area contributed by atoms with E-state index in [1.807, 2.05) is 54.6 Å². The minimum Gasteiger partial charge on any atom is -0.324 e. The smallest absolute Gasteiger partial charge is 0.234 e. The van der Waals surface area contributed by atoms with E-state index in [1.165, 1.54) is 0 Å². The summed E-state index contributed by atoms with van der Waals surface area (Å²) in [6.45, 7) is 6.21. The van der Waals surface area contributed by atoms with Crippen LogP contribution in [-0.4, -0.2) is 24.9 Å². The first-order valence-electron chi connectivity index (χ1n) is 8.78. The number of H-pyrrole nitrogens is 1. The van der Waals surface area contributed by atoms with Crippen LogP contribution in [0.2, 0.25) is 0 Å². The van der Waals surface area contributed by atoms with E-state index >= 15 is 0 Å². The van der Waals surface area contributed by atoms with Gasteiger partial charge in [-0.15, -0.1) is 0 Å². The monoisotopic (exact) mass is 359 g/mol. The highest BCUT2D eigenvalue weighted by Crippen LogP contribution is 2.23. The summed E-state index contributed by atoms with van der Waals surface area (Å²) in [5, 5.41) is 6.40. The van der Waals surface area contributed by atoms with Gasteiger partial charge in [-0.3, -0.25) is 5.32 Å². The molecule has 2 aromatic carbocycles. The number of nitrogens with one attached hydrogen (secondary N) is 3. The Morgan fingerprint density at radius 2 is 1.41 bits per heavy atom. The lowest BCUT2D eigenvalue weighted by molar-refractivity contribution is 0.544. The van der Waals surface area contributed by atoms with Gasteiger partial charge in [0.15, 0.2) is 0 Å². The van der Waals surface area contributed by atoms with E-state index in [0.29, 0.717) is 23.7 Å². The topological polar surface area (TPSA) is 91.4 Å². The van der Waals surface area contributed by atoms with Gasteiger partial charge in [-0.1, -0.05) is 51.1 Å². The van der Waals surface area contributed by atoms with Gasteiger partial charge in [0.2, 0.25) is 17.8 Å². The second-order valence-corrected chi connectivity index (χ2v) is 7.27. The Morgan fingerprint density at radius 3 is 2.11 bits per heavy atom. The van der Waals surface area contributed by atoms with Gasteiger partial charge >= 0.3 is 0 Å². The second-order valence-electron chi connectivity index (χ2n) is 7.27. The molecule has 0 aliphatic carbocycles. The molecule has 0 unspecified atom stereocenters. The molecule has 3 N–H and O–H groups in total. The summed E-state index contributed by atoms with van der Waals surface area (Å²) < 4.78 is 0. The van der Waals surface area contributed by atoms with Crippen molar-refractivity contribution in [3.8, 4) is 0 Å². The van der Waals surface area contributed by atoms with Crippen LogP contribution in [0.5, 0.6) is 0 Å². The van der Waals surface area contributed by atoms with Crippen LogP contribution >= 0.6 is 0 Å². The second kappa shape index (κ2) is 6.68. The maximum Gasteiger partial charge on any atom is 0.234 e. The van der Waals surface area contributed by atoms with E-state index in [-0.39, 0.29) is 5.41 Å². The maximum absolute atomic E-state index is 4.58. The minimum absolute atomic E-state index is 0.222. The number of para-hydroxylation sites is 3. The molecule has 4 aromatic rings. The van der Waals surface area contributed by atoms with Crippen molar-refractivity contribution in [2.75, 3.05) is 10.6 Å². The summed E-state index contributed by atoms with van der Waals surface area (Å²) >= 11 is 0. The molecule has 2 aromatic heterocycles. The molecule has 0 bridgehead atoms. The lowest BCUT2D eigenvalue weighted by atomic mass is 9.96. The molecule has 0 radical (unpaired) electrons. The number of imidazole rings is 1. The lowest BCUT2D eigenvalue weighted by Gasteiger charge is -2.18. The van der Waals surface area contributed by atoms with Gasteiger partial charge in [-0.25, -0.2) is 4.98 Å². The largest absolute Gasteiger partial charge is 0.324 e. The van der Waals surface area contributed by atoms with Crippen LogP contribution in [0.4, 0.5) is 23.5 Å². The van der Waals surface area contributed by atoms with E-state index in [9.17, 15) is 0 Å². The Labute approximate surface area is 157 Å². The normalized spacial score (nSPS) is 11.5. The zero-order valence-electron chi connectivity index (χ0n) is 15.5. The SMILES string of the molecule is CC(C)(C)c1nc(Nc2ccccc2)nc(Nc2nc3ccccc3[nH]2)n1. The van der Waals surface area contributed by atoms with Crippen LogP contribution < -0.4 is 10.6 Å². The van der Waals surface area contributed by atoms with Crippen molar-refractivity contribution in [3.63, 3.8) is 0 Å². The Morgan fingerprint density at radius 1 is 0.741 bits per heavy atom. The third-order valence-electron chi connectivity index (χ3n) is 3.96. The third-order valence-corrected chi connectivity index (χ3v) is 3.96. The Bertz CT molecular complexity index is 1030. The fourth-order valence-corrected chi connectivity index (χ4v) is 2.59. The van der Waals surface area contributed by atoms with E-state index in [1.54, 1.807) is 0 Å². The van der Waals surface area contributed by atoms with Crippen LogP contribution in [0.1, 0.15) is 26.6 Å². The lowest BCUT2D eigenvalue weighted by Crippen LogP contribution is -2.19. The molecule has 0 fully saturated rings. The summed E-state index contributed by atoms with van der Waals surface area (Å²) in [6.07, 6.45) is 0. The van der Waals surface area contributed by atoms with Crippen LogP contribution in [0.25, 0.3) is 11.0 Å². The number of hydrogen-bond acceptors (Lipinski definition) is 6. The Hall–Kier alpha value is -3.48. The summed E-state index contributed by atoms with van der Waals surface area (Å²) in [7, 11) is 0. The van der Waals surface area contributed by atoms with Gasteiger partial charge in [0.1, 0.15) is 5.82 Å². The first-order chi connectivity index (χ1) is 13.0. The number of fused-ring (bicyclic) bond motifs is 1. The first kappa shape index (κ1) is 17.0. The molecule has 0 spiro atoms. The van der Waals surface area contributed by atoms with Crippen molar-refractivity contribution in [2.24, 2.45) is 0 Å².